The van der Waals surface area contributed by atoms with Crippen molar-refractivity contribution in [3.8, 4) is 0 Å². The summed E-state index contributed by atoms with van der Waals surface area (Å²) in [7, 11) is 1.81. The summed E-state index contributed by atoms with van der Waals surface area (Å²) in [6.07, 6.45) is 0. The number of hydrogen-bond donors (Lipinski definition) is 1. The zero-order chi connectivity index (χ0) is 5.70. The highest BCUT2D eigenvalue weighted by Crippen LogP contribution is 1.79. The van der Waals surface area contributed by atoms with E-state index in [1.54, 1.807) is 4.90 Å². The summed E-state index contributed by atoms with van der Waals surface area (Å²) in [4.78, 5) is 1.73. The lowest BCUT2D eigenvalue weighted by atomic mass is 10.7. The maximum Gasteiger partial charge on any atom is 0.0954 e. The Morgan fingerprint density at radius 2 is 2.29 bits per heavy atom. The molecule has 0 aromatic heterocycles. The van der Waals surface area contributed by atoms with Gasteiger partial charge in [-0.3, -0.25) is 4.90 Å². The van der Waals surface area contributed by atoms with E-state index in [0.29, 0.717) is 5.88 Å². The Morgan fingerprint density at radius 1 is 1.71 bits per heavy atom. The number of aliphatic hydroxyl groups excluding tert-OH is 1. The SMILES string of the molecule is CN(CO)CCCl. The largest absolute Gasteiger partial charge is 0.381 e. The van der Waals surface area contributed by atoms with Gasteiger partial charge in [-0.2, -0.15) is 0 Å². The van der Waals surface area contributed by atoms with Crippen molar-refractivity contribution in [2.45, 2.75) is 0 Å². The van der Waals surface area contributed by atoms with Gasteiger partial charge in [-0.05, 0) is 7.05 Å². The van der Waals surface area contributed by atoms with E-state index >= 15 is 0 Å². The van der Waals surface area contributed by atoms with Crippen LogP contribution in [-0.4, -0.2) is 36.2 Å². The molecule has 0 fully saturated rings. The molecule has 0 aliphatic rings. The van der Waals surface area contributed by atoms with Crippen molar-refractivity contribution < 1.29 is 5.11 Å². The molecule has 0 aliphatic carbocycles. The molecule has 0 radical (unpaired) electrons. The van der Waals surface area contributed by atoms with E-state index in [-0.39, 0.29) is 6.73 Å². The van der Waals surface area contributed by atoms with Gasteiger partial charge in [0.05, 0.1) is 6.73 Å². The molecule has 0 aromatic carbocycles. The molecule has 44 valence electrons. The Labute approximate surface area is 48.7 Å². The molecule has 0 aromatic rings. The van der Waals surface area contributed by atoms with Crippen molar-refractivity contribution in [3.05, 3.63) is 0 Å². The highest BCUT2D eigenvalue weighted by molar-refractivity contribution is 6.18. The summed E-state index contributed by atoms with van der Waals surface area (Å²) in [6, 6.07) is 0. The van der Waals surface area contributed by atoms with Gasteiger partial charge in [0.15, 0.2) is 0 Å². The fourth-order valence-corrected chi connectivity index (χ4v) is 0.504. The minimum Gasteiger partial charge on any atom is -0.381 e. The van der Waals surface area contributed by atoms with Gasteiger partial charge >= 0.3 is 0 Å². The summed E-state index contributed by atoms with van der Waals surface area (Å²) in [5, 5.41) is 8.33. The normalized spacial score (nSPS) is 10.3. The standard InChI is InChI=1S/C4H10ClNO/c1-6(4-7)3-2-5/h7H,2-4H2,1H3. The summed E-state index contributed by atoms with van der Waals surface area (Å²) in [5.74, 6) is 0.580. The monoisotopic (exact) mass is 123 g/mol. The van der Waals surface area contributed by atoms with E-state index in [1.807, 2.05) is 7.05 Å². The van der Waals surface area contributed by atoms with E-state index in [0.717, 1.165) is 6.54 Å². The maximum atomic E-state index is 8.33. The quantitative estimate of drug-likeness (QED) is 0.425. The molecule has 0 heterocycles. The number of nitrogens with zero attached hydrogens (tertiary/aromatic N) is 1. The van der Waals surface area contributed by atoms with E-state index in [4.69, 9.17) is 16.7 Å². The van der Waals surface area contributed by atoms with Gasteiger partial charge in [0.25, 0.3) is 0 Å². The van der Waals surface area contributed by atoms with Crippen molar-refractivity contribution >= 4 is 11.6 Å². The minimum absolute atomic E-state index is 0.0900. The highest BCUT2D eigenvalue weighted by atomic mass is 35.5. The summed E-state index contributed by atoms with van der Waals surface area (Å²) < 4.78 is 0. The molecular weight excluding hydrogens is 114 g/mol. The van der Waals surface area contributed by atoms with Crippen molar-refractivity contribution in [1.82, 2.24) is 4.90 Å². The number of halogens is 1. The summed E-state index contributed by atoms with van der Waals surface area (Å²) >= 11 is 5.32. The van der Waals surface area contributed by atoms with Crippen LogP contribution < -0.4 is 0 Å². The maximum absolute atomic E-state index is 8.33. The van der Waals surface area contributed by atoms with E-state index < -0.39 is 0 Å². The minimum atomic E-state index is 0.0900. The molecule has 0 saturated carbocycles. The first-order chi connectivity index (χ1) is 3.31. The van der Waals surface area contributed by atoms with Crippen molar-refractivity contribution in [1.29, 1.82) is 0 Å². The number of aliphatic hydroxyl groups is 1. The van der Waals surface area contributed by atoms with Crippen LogP contribution in [0.2, 0.25) is 0 Å². The van der Waals surface area contributed by atoms with E-state index in [9.17, 15) is 0 Å². The highest BCUT2D eigenvalue weighted by Gasteiger charge is 1.88. The van der Waals surface area contributed by atoms with Crippen LogP contribution in [-0.2, 0) is 0 Å². The Morgan fingerprint density at radius 3 is 2.43 bits per heavy atom. The van der Waals surface area contributed by atoms with Crippen LogP contribution in [0.5, 0.6) is 0 Å². The molecule has 0 unspecified atom stereocenters. The lowest BCUT2D eigenvalue weighted by Gasteiger charge is -2.08. The molecule has 0 spiro atoms. The first-order valence-electron chi connectivity index (χ1n) is 2.16. The number of alkyl halides is 1. The zero-order valence-electron chi connectivity index (χ0n) is 4.39. The Balaban J connectivity index is 2.83. The van der Waals surface area contributed by atoms with Gasteiger partial charge in [-0.15, -0.1) is 11.6 Å². The second-order valence-corrected chi connectivity index (χ2v) is 1.79. The van der Waals surface area contributed by atoms with Gasteiger partial charge in [0.1, 0.15) is 0 Å². The zero-order valence-corrected chi connectivity index (χ0v) is 5.15. The van der Waals surface area contributed by atoms with Gasteiger partial charge < -0.3 is 5.11 Å². The van der Waals surface area contributed by atoms with Gasteiger partial charge in [-0.25, -0.2) is 0 Å². The van der Waals surface area contributed by atoms with Crippen molar-refractivity contribution in [2.24, 2.45) is 0 Å². The van der Waals surface area contributed by atoms with E-state index in [1.165, 1.54) is 0 Å². The lowest BCUT2D eigenvalue weighted by Crippen LogP contribution is -2.21. The molecule has 0 aliphatic heterocycles. The van der Waals surface area contributed by atoms with Crippen LogP contribution in [0.3, 0.4) is 0 Å². The molecule has 0 rings (SSSR count). The molecule has 2 nitrogen and oxygen atoms in total. The molecule has 1 N–H and O–H groups in total. The molecular formula is C4H10ClNO. The smallest absolute Gasteiger partial charge is 0.0954 e. The number of hydrogen-bond acceptors (Lipinski definition) is 2. The molecule has 0 atom stereocenters. The molecule has 3 heteroatoms. The van der Waals surface area contributed by atoms with Crippen molar-refractivity contribution in [2.75, 3.05) is 26.2 Å². The van der Waals surface area contributed by atoms with Gasteiger partial charge in [0.2, 0.25) is 0 Å². The van der Waals surface area contributed by atoms with Crippen LogP contribution in [0.4, 0.5) is 0 Å². The third kappa shape index (κ3) is 4.05. The van der Waals surface area contributed by atoms with Crippen LogP contribution in [0, 0.1) is 0 Å². The Bertz CT molecular complexity index is 42.7. The predicted molar refractivity (Wildman–Crippen MR) is 30.4 cm³/mol. The molecule has 7 heavy (non-hydrogen) atoms. The first-order valence-corrected chi connectivity index (χ1v) is 2.70. The predicted octanol–water partition coefficient (Wildman–Crippen LogP) is 0.107. The van der Waals surface area contributed by atoms with Crippen LogP contribution in [0.25, 0.3) is 0 Å². The second-order valence-electron chi connectivity index (χ2n) is 1.41. The molecule has 0 amide bonds. The average Bonchev–Trinajstić information content (AvgIpc) is 1.68. The van der Waals surface area contributed by atoms with Crippen LogP contribution in [0.1, 0.15) is 0 Å². The number of rotatable bonds is 3. The van der Waals surface area contributed by atoms with Gasteiger partial charge in [0, 0.05) is 12.4 Å². The summed E-state index contributed by atoms with van der Waals surface area (Å²) in [5.41, 5.74) is 0. The third-order valence-electron chi connectivity index (χ3n) is 0.708. The average molecular weight is 124 g/mol. The lowest BCUT2D eigenvalue weighted by molar-refractivity contribution is 0.139. The van der Waals surface area contributed by atoms with Crippen LogP contribution >= 0.6 is 11.6 Å². The second kappa shape index (κ2) is 4.37. The fourth-order valence-electron chi connectivity index (χ4n) is 0.215. The third-order valence-corrected chi connectivity index (χ3v) is 0.877. The molecule has 0 saturated heterocycles. The topological polar surface area (TPSA) is 23.5 Å². The Hall–Kier alpha value is 0.210. The Kier molecular flexibility index (Phi) is 4.50. The van der Waals surface area contributed by atoms with Gasteiger partial charge in [-0.1, -0.05) is 0 Å². The van der Waals surface area contributed by atoms with Crippen molar-refractivity contribution in [3.63, 3.8) is 0 Å². The molecule has 0 bridgehead atoms. The first kappa shape index (κ1) is 7.21. The van der Waals surface area contributed by atoms with E-state index in [2.05, 4.69) is 0 Å². The summed E-state index contributed by atoms with van der Waals surface area (Å²) in [6.45, 7) is 0.838. The fraction of sp³-hybridized carbons (Fsp3) is 1.00. The van der Waals surface area contributed by atoms with Crippen LogP contribution in [0.15, 0.2) is 0 Å².